The number of benzene rings is 3. The van der Waals surface area contributed by atoms with Gasteiger partial charge in [0.2, 0.25) is 0 Å². The maximum absolute atomic E-state index is 10.0. The van der Waals surface area contributed by atoms with Gasteiger partial charge in [-0.1, -0.05) is 92.9 Å². The molecule has 0 spiro atoms. The van der Waals surface area contributed by atoms with Crippen molar-refractivity contribution in [1.82, 2.24) is 14.5 Å². The number of hydrogen-bond donors (Lipinski definition) is 1. The lowest BCUT2D eigenvalue weighted by Gasteiger charge is -2.24. The van der Waals surface area contributed by atoms with Crippen LogP contribution in [0.2, 0.25) is 5.02 Å². The maximum Gasteiger partial charge on any atom is 0.140 e. The fourth-order valence-electron chi connectivity index (χ4n) is 4.57. The van der Waals surface area contributed by atoms with E-state index < -0.39 is 0 Å². The first-order chi connectivity index (χ1) is 17.6. The van der Waals surface area contributed by atoms with E-state index in [0.717, 1.165) is 85.1 Å². The van der Waals surface area contributed by atoms with Gasteiger partial charge in [0, 0.05) is 35.8 Å². The van der Waals surface area contributed by atoms with Gasteiger partial charge in [-0.15, -0.1) is 0 Å². The lowest BCUT2D eigenvalue weighted by Crippen LogP contribution is -2.26. The molecule has 4 nitrogen and oxygen atoms in total. The number of aromatic nitrogens is 2. The Labute approximate surface area is 220 Å². The molecule has 5 heteroatoms. The minimum absolute atomic E-state index is 0.309. The summed E-state index contributed by atoms with van der Waals surface area (Å²) in [6.45, 7) is 7.90. The molecule has 1 N–H and O–H groups in total. The number of aromatic hydroxyl groups is 1. The van der Waals surface area contributed by atoms with Crippen LogP contribution >= 0.6 is 11.6 Å². The highest BCUT2D eigenvalue weighted by Crippen LogP contribution is 2.32. The molecule has 4 aromatic rings. The Hall–Kier alpha value is -3.08. The molecule has 1 heterocycles. The van der Waals surface area contributed by atoms with Gasteiger partial charge < -0.3 is 9.67 Å². The summed E-state index contributed by atoms with van der Waals surface area (Å²) in [4.78, 5) is 7.72. The van der Waals surface area contributed by atoms with Crippen molar-refractivity contribution in [3.05, 3.63) is 95.1 Å². The monoisotopic (exact) mass is 501 g/mol. The fourth-order valence-corrected chi connectivity index (χ4v) is 4.70. The number of phenols is 1. The first kappa shape index (κ1) is 26.0. The molecule has 188 valence electrons. The molecule has 0 aliphatic carbocycles. The summed E-state index contributed by atoms with van der Waals surface area (Å²) in [5.41, 5.74) is 5.56. The number of nitrogens with zero attached hydrogens (tertiary/aromatic N) is 3. The normalized spacial score (nSPS) is 11.3. The Morgan fingerprint density at radius 1 is 0.833 bits per heavy atom. The molecule has 36 heavy (non-hydrogen) atoms. The summed E-state index contributed by atoms with van der Waals surface area (Å²) >= 11 is 6.23. The van der Waals surface area contributed by atoms with Crippen molar-refractivity contribution in [3.63, 3.8) is 0 Å². The van der Waals surface area contributed by atoms with Gasteiger partial charge in [0.15, 0.2) is 0 Å². The Morgan fingerprint density at radius 3 is 2.28 bits per heavy atom. The van der Waals surface area contributed by atoms with Crippen molar-refractivity contribution in [2.45, 2.75) is 59.2 Å². The van der Waals surface area contributed by atoms with Gasteiger partial charge in [-0.2, -0.15) is 0 Å². The van der Waals surface area contributed by atoms with Crippen LogP contribution in [0.25, 0.3) is 22.6 Å². The number of rotatable bonds is 12. The third kappa shape index (κ3) is 6.57. The number of imidazole rings is 1. The minimum atomic E-state index is 0.309. The summed E-state index contributed by atoms with van der Waals surface area (Å²) in [5, 5.41) is 10.8. The first-order valence-corrected chi connectivity index (χ1v) is 13.4. The summed E-state index contributed by atoms with van der Waals surface area (Å²) in [5.74, 6) is 1.32. The van der Waals surface area contributed by atoms with E-state index >= 15 is 0 Å². The van der Waals surface area contributed by atoms with Crippen LogP contribution < -0.4 is 0 Å². The minimum Gasteiger partial charge on any atom is -0.508 e. The average Bonchev–Trinajstić information content (AvgIpc) is 3.24. The molecule has 4 rings (SSSR count). The van der Waals surface area contributed by atoms with Gasteiger partial charge in [-0.05, 0) is 49.2 Å². The molecule has 0 saturated heterocycles. The van der Waals surface area contributed by atoms with E-state index in [1.807, 2.05) is 30.3 Å². The summed E-state index contributed by atoms with van der Waals surface area (Å²) in [6, 6.07) is 26.1. The second-order valence-corrected chi connectivity index (χ2v) is 9.78. The van der Waals surface area contributed by atoms with E-state index in [2.05, 4.69) is 65.8 Å². The second-order valence-electron chi connectivity index (χ2n) is 9.34. The van der Waals surface area contributed by atoms with Crippen LogP contribution in [0, 0.1) is 0 Å². The van der Waals surface area contributed by atoms with Gasteiger partial charge in [0.25, 0.3) is 0 Å². The van der Waals surface area contributed by atoms with Gasteiger partial charge in [-0.3, -0.25) is 4.90 Å². The van der Waals surface area contributed by atoms with Crippen LogP contribution in [0.5, 0.6) is 5.75 Å². The van der Waals surface area contributed by atoms with Crippen molar-refractivity contribution in [3.8, 4) is 28.4 Å². The number of hydrogen-bond acceptors (Lipinski definition) is 3. The van der Waals surface area contributed by atoms with Gasteiger partial charge in [0.05, 0.1) is 11.4 Å². The smallest absolute Gasteiger partial charge is 0.140 e. The molecule has 0 bridgehead atoms. The third-order valence-electron chi connectivity index (χ3n) is 6.48. The van der Waals surface area contributed by atoms with Gasteiger partial charge in [0.1, 0.15) is 11.6 Å². The Morgan fingerprint density at radius 2 is 1.58 bits per heavy atom. The van der Waals surface area contributed by atoms with Crippen LogP contribution in [0.15, 0.2) is 78.9 Å². The summed E-state index contributed by atoms with van der Waals surface area (Å²) in [6.07, 6.45) is 4.45. The lowest BCUT2D eigenvalue weighted by molar-refractivity contribution is 0.246. The molecule has 0 aliphatic rings. The number of unbranched alkanes of at least 4 members (excludes halogenated alkanes) is 2. The zero-order valence-electron chi connectivity index (χ0n) is 21.3. The van der Waals surface area contributed by atoms with E-state index in [1.165, 1.54) is 5.69 Å². The second kappa shape index (κ2) is 12.8. The SMILES string of the molecule is CCCCN(Cc1cccc(O)c1)Cc1c(-c2ccc(Cl)cc2)nc(-c2ccccc2)n1CCCC. The van der Waals surface area contributed by atoms with Crippen molar-refractivity contribution in [2.75, 3.05) is 6.54 Å². The largest absolute Gasteiger partial charge is 0.508 e. The molecule has 3 aromatic carbocycles. The van der Waals surface area contributed by atoms with E-state index in [4.69, 9.17) is 16.6 Å². The summed E-state index contributed by atoms with van der Waals surface area (Å²) < 4.78 is 2.42. The molecule has 0 aliphatic heterocycles. The van der Waals surface area contributed by atoms with Crippen LogP contribution in [-0.4, -0.2) is 26.1 Å². The zero-order chi connectivity index (χ0) is 25.3. The molecule has 0 unspecified atom stereocenters. The van der Waals surface area contributed by atoms with E-state index in [0.29, 0.717) is 5.75 Å². The predicted molar refractivity (Wildman–Crippen MR) is 150 cm³/mol. The maximum atomic E-state index is 10.0. The standard InChI is InChI=1S/C31H36ClN3O/c1-3-5-19-34(22-24-11-10-14-28(36)21-24)23-29-30(25-15-17-27(32)18-16-25)33-31(35(29)20-6-4-2)26-12-8-7-9-13-26/h7-18,21,36H,3-6,19-20,22-23H2,1-2H3. The first-order valence-electron chi connectivity index (χ1n) is 13.0. The van der Waals surface area contributed by atoms with Crippen LogP contribution in [0.4, 0.5) is 0 Å². The van der Waals surface area contributed by atoms with Crippen molar-refractivity contribution in [2.24, 2.45) is 0 Å². The number of phenolic OH excluding ortho intramolecular Hbond substituents is 1. The van der Waals surface area contributed by atoms with E-state index in [1.54, 1.807) is 6.07 Å². The average molecular weight is 502 g/mol. The Balaban J connectivity index is 1.81. The Kier molecular flexibility index (Phi) is 9.21. The molecule has 1 aromatic heterocycles. The zero-order valence-corrected chi connectivity index (χ0v) is 22.1. The highest BCUT2D eigenvalue weighted by molar-refractivity contribution is 6.30. The quantitative estimate of drug-likeness (QED) is 0.213. The molecule has 0 atom stereocenters. The summed E-state index contributed by atoms with van der Waals surface area (Å²) in [7, 11) is 0. The van der Waals surface area contributed by atoms with Gasteiger partial charge in [-0.25, -0.2) is 4.98 Å². The van der Waals surface area contributed by atoms with Crippen molar-refractivity contribution in [1.29, 1.82) is 0 Å². The van der Waals surface area contributed by atoms with Crippen molar-refractivity contribution < 1.29 is 5.11 Å². The van der Waals surface area contributed by atoms with E-state index in [-0.39, 0.29) is 0 Å². The highest BCUT2D eigenvalue weighted by atomic mass is 35.5. The lowest BCUT2D eigenvalue weighted by atomic mass is 10.1. The fraction of sp³-hybridized carbons (Fsp3) is 0.323. The molecule has 0 saturated carbocycles. The Bertz CT molecular complexity index is 1230. The molecular formula is C31H36ClN3O. The molecule has 0 radical (unpaired) electrons. The molecule has 0 amide bonds. The van der Waals surface area contributed by atoms with E-state index in [9.17, 15) is 5.11 Å². The van der Waals surface area contributed by atoms with Crippen LogP contribution in [-0.2, 0) is 19.6 Å². The highest BCUT2D eigenvalue weighted by Gasteiger charge is 2.22. The predicted octanol–water partition coefficient (Wildman–Crippen LogP) is 8.18. The number of halogens is 1. The topological polar surface area (TPSA) is 41.3 Å². The van der Waals surface area contributed by atoms with Gasteiger partial charge >= 0.3 is 0 Å². The van der Waals surface area contributed by atoms with Crippen LogP contribution in [0.3, 0.4) is 0 Å². The third-order valence-corrected chi connectivity index (χ3v) is 6.73. The molecule has 0 fully saturated rings. The molecular weight excluding hydrogens is 466 g/mol. The van der Waals surface area contributed by atoms with Crippen LogP contribution in [0.1, 0.15) is 50.8 Å². The van der Waals surface area contributed by atoms with Crippen molar-refractivity contribution >= 4 is 11.6 Å².